The Labute approximate surface area is 211 Å². The van der Waals surface area contributed by atoms with Crippen LogP contribution in [0.2, 0.25) is 0 Å². The van der Waals surface area contributed by atoms with Crippen LogP contribution in [0.25, 0.3) is 0 Å². The van der Waals surface area contributed by atoms with E-state index in [0.717, 1.165) is 16.7 Å². The Bertz CT molecular complexity index is 1050. The van der Waals surface area contributed by atoms with Crippen LogP contribution in [0.3, 0.4) is 0 Å². The molecule has 1 fully saturated rings. The first-order valence-corrected chi connectivity index (χ1v) is 12.2. The zero-order valence-corrected chi connectivity index (χ0v) is 20.1. The first kappa shape index (κ1) is 25.9. The van der Waals surface area contributed by atoms with Crippen molar-refractivity contribution in [2.75, 3.05) is 6.61 Å². The van der Waals surface area contributed by atoms with E-state index < -0.39 is 30.4 Å². The molecule has 0 heterocycles. The van der Waals surface area contributed by atoms with E-state index in [2.05, 4.69) is 5.32 Å². The standard InChI is InChI=1S/C29H33NO6/c31-25-16-24(20-34-17-21-10-4-1-5-11-21)27(35-18-22-12-6-2-7-13-22)28(26(25)30-29(32)33)36-19-23-14-8-3-9-15-23/h1-15,24-28,30-31H,16-20H2,(H,32,33)/t24-,25+,26+,27-,28-/m1/s1. The van der Waals surface area contributed by atoms with Gasteiger partial charge in [0.25, 0.3) is 0 Å². The van der Waals surface area contributed by atoms with Gasteiger partial charge in [0, 0.05) is 5.92 Å². The van der Waals surface area contributed by atoms with Crippen molar-refractivity contribution in [2.24, 2.45) is 5.92 Å². The summed E-state index contributed by atoms with van der Waals surface area (Å²) in [6.45, 7) is 1.38. The van der Waals surface area contributed by atoms with Gasteiger partial charge in [0.15, 0.2) is 0 Å². The van der Waals surface area contributed by atoms with E-state index >= 15 is 0 Å². The van der Waals surface area contributed by atoms with Crippen LogP contribution in [0.4, 0.5) is 4.79 Å². The second-order valence-electron chi connectivity index (χ2n) is 9.06. The second kappa shape index (κ2) is 13.2. The molecule has 3 N–H and O–H groups in total. The molecule has 4 rings (SSSR count). The third-order valence-electron chi connectivity index (χ3n) is 6.41. The minimum Gasteiger partial charge on any atom is -0.465 e. The van der Waals surface area contributed by atoms with Crippen LogP contribution >= 0.6 is 0 Å². The zero-order chi connectivity index (χ0) is 25.2. The highest BCUT2D eigenvalue weighted by Gasteiger charge is 2.46. The van der Waals surface area contributed by atoms with Gasteiger partial charge in [0.1, 0.15) is 6.10 Å². The fraction of sp³-hybridized carbons (Fsp3) is 0.345. The van der Waals surface area contributed by atoms with Crippen LogP contribution in [-0.4, -0.2) is 47.3 Å². The minimum absolute atomic E-state index is 0.194. The highest BCUT2D eigenvalue weighted by atomic mass is 16.5. The Morgan fingerprint density at radius 2 is 1.22 bits per heavy atom. The van der Waals surface area contributed by atoms with Gasteiger partial charge in [-0.2, -0.15) is 0 Å². The quantitative estimate of drug-likeness (QED) is 0.368. The number of rotatable bonds is 11. The number of aliphatic hydroxyl groups excluding tert-OH is 1. The van der Waals surface area contributed by atoms with E-state index in [9.17, 15) is 15.0 Å². The van der Waals surface area contributed by atoms with E-state index in [1.54, 1.807) is 0 Å². The number of carboxylic acid groups (broad SMARTS) is 1. The summed E-state index contributed by atoms with van der Waals surface area (Å²) in [7, 11) is 0. The highest BCUT2D eigenvalue weighted by molar-refractivity contribution is 5.65. The maximum atomic E-state index is 11.6. The third kappa shape index (κ3) is 7.38. The summed E-state index contributed by atoms with van der Waals surface area (Å²) in [5.41, 5.74) is 3.00. The normalized spacial score (nSPS) is 23.8. The number of carbonyl (C=O) groups is 1. The molecule has 1 saturated carbocycles. The predicted molar refractivity (Wildman–Crippen MR) is 135 cm³/mol. The van der Waals surface area contributed by atoms with Gasteiger partial charge in [-0.15, -0.1) is 0 Å². The minimum atomic E-state index is -1.21. The Balaban J connectivity index is 1.53. The Kier molecular flexibility index (Phi) is 9.47. The maximum absolute atomic E-state index is 11.6. The molecule has 7 heteroatoms. The average molecular weight is 492 g/mol. The molecular formula is C29H33NO6. The molecule has 0 aliphatic heterocycles. The van der Waals surface area contributed by atoms with Gasteiger partial charge in [0.2, 0.25) is 0 Å². The van der Waals surface area contributed by atoms with E-state index in [1.165, 1.54) is 0 Å². The Morgan fingerprint density at radius 1 is 0.750 bits per heavy atom. The van der Waals surface area contributed by atoms with E-state index in [4.69, 9.17) is 14.2 Å². The van der Waals surface area contributed by atoms with Crippen LogP contribution in [0.1, 0.15) is 23.1 Å². The molecule has 3 aromatic carbocycles. The van der Waals surface area contributed by atoms with Crippen LogP contribution in [0.15, 0.2) is 91.0 Å². The highest BCUT2D eigenvalue weighted by Crippen LogP contribution is 2.32. The van der Waals surface area contributed by atoms with Gasteiger partial charge in [-0.05, 0) is 23.1 Å². The first-order chi connectivity index (χ1) is 17.6. The molecule has 0 saturated heterocycles. The Morgan fingerprint density at radius 3 is 1.72 bits per heavy atom. The van der Waals surface area contributed by atoms with Crippen molar-refractivity contribution in [3.05, 3.63) is 108 Å². The van der Waals surface area contributed by atoms with E-state index in [0.29, 0.717) is 26.2 Å². The predicted octanol–water partition coefficient (Wildman–Crippen LogP) is 4.39. The summed E-state index contributed by atoms with van der Waals surface area (Å²) in [6.07, 6.45) is -3.04. The molecule has 0 unspecified atom stereocenters. The fourth-order valence-electron chi connectivity index (χ4n) is 4.63. The molecule has 1 aliphatic carbocycles. The van der Waals surface area contributed by atoms with Crippen molar-refractivity contribution in [2.45, 2.75) is 50.6 Å². The fourth-order valence-corrected chi connectivity index (χ4v) is 4.63. The second-order valence-corrected chi connectivity index (χ2v) is 9.06. The summed E-state index contributed by atoms with van der Waals surface area (Å²) < 4.78 is 18.7. The smallest absolute Gasteiger partial charge is 0.405 e. The number of hydrogen-bond donors (Lipinski definition) is 3. The molecule has 36 heavy (non-hydrogen) atoms. The molecule has 0 aromatic heterocycles. The van der Waals surface area contributed by atoms with Gasteiger partial charge in [0.05, 0.1) is 44.7 Å². The molecule has 0 radical (unpaired) electrons. The van der Waals surface area contributed by atoms with Crippen molar-refractivity contribution in [3.63, 3.8) is 0 Å². The van der Waals surface area contributed by atoms with Crippen LogP contribution < -0.4 is 5.32 Å². The Hall–Kier alpha value is -3.23. The molecule has 5 atom stereocenters. The summed E-state index contributed by atoms with van der Waals surface area (Å²) in [5, 5.41) is 22.9. The number of ether oxygens (including phenoxy) is 3. The summed E-state index contributed by atoms with van der Waals surface area (Å²) in [5.74, 6) is -0.194. The molecule has 0 bridgehead atoms. The number of benzene rings is 3. The lowest BCUT2D eigenvalue weighted by Crippen LogP contribution is -2.62. The van der Waals surface area contributed by atoms with Crippen LogP contribution in [-0.2, 0) is 34.0 Å². The lowest BCUT2D eigenvalue weighted by atomic mass is 9.79. The van der Waals surface area contributed by atoms with E-state index in [1.807, 2.05) is 91.0 Å². The molecular weight excluding hydrogens is 458 g/mol. The van der Waals surface area contributed by atoms with Crippen LogP contribution in [0.5, 0.6) is 0 Å². The summed E-state index contributed by atoms with van der Waals surface area (Å²) in [6, 6.07) is 28.5. The summed E-state index contributed by atoms with van der Waals surface area (Å²) in [4.78, 5) is 11.6. The van der Waals surface area contributed by atoms with Gasteiger partial charge in [-0.3, -0.25) is 0 Å². The number of aliphatic hydroxyl groups is 1. The van der Waals surface area contributed by atoms with Gasteiger partial charge in [-0.1, -0.05) is 91.0 Å². The zero-order valence-electron chi connectivity index (χ0n) is 20.1. The van der Waals surface area contributed by atoms with Gasteiger partial charge >= 0.3 is 6.09 Å². The first-order valence-electron chi connectivity index (χ1n) is 12.2. The van der Waals surface area contributed by atoms with Gasteiger partial charge < -0.3 is 29.7 Å². The van der Waals surface area contributed by atoms with Crippen molar-refractivity contribution < 1.29 is 29.2 Å². The number of nitrogens with one attached hydrogen (secondary N) is 1. The number of amides is 1. The van der Waals surface area contributed by atoms with Crippen molar-refractivity contribution in [1.29, 1.82) is 0 Å². The monoisotopic (exact) mass is 491 g/mol. The lowest BCUT2D eigenvalue weighted by Gasteiger charge is -2.44. The SMILES string of the molecule is O=C(O)N[C@@H]1[C@@H](OCc2ccccc2)[C@H](OCc2ccccc2)[C@@H](COCc2ccccc2)C[C@@H]1O. The molecule has 7 nitrogen and oxygen atoms in total. The molecule has 1 amide bonds. The van der Waals surface area contributed by atoms with Crippen molar-refractivity contribution in [3.8, 4) is 0 Å². The van der Waals surface area contributed by atoms with Gasteiger partial charge in [-0.25, -0.2) is 4.79 Å². The molecule has 1 aliphatic rings. The maximum Gasteiger partial charge on any atom is 0.405 e. The third-order valence-corrected chi connectivity index (χ3v) is 6.41. The lowest BCUT2D eigenvalue weighted by molar-refractivity contribution is -0.173. The topological polar surface area (TPSA) is 97.3 Å². The average Bonchev–Trinajstić information content (AvgIpc) is 2.90. The molecule has 190 valence electrons. The number of hydrogen-bond acceptors (Lipinski definition) is 5. The van der Waals surface area contributed by atoms with Crippen LogP contribution in [0, 0.1) is 5.92 Å². The summed E-state index contributed by atoms with van der Waals surface area (Å²) >= 11 is 0. The largest absolute Gasteiger partial charge is 0.465 e. The molecule has 3 aromatic rings. The van der Waals surface area contributed by atoms with E-state index in [-0.39, 0.29) is 12.5 Å². The van der Waals surface area contributed by atoms with Crippen molar-refractivity contribution in [1.82, 2.24) is 5.32 Å². The molecule has 0 spiro atoms. The van der Waals surface area contributed by atoms with Crippen molar-refractivity contribution >= 4 is 6.09 Å².